The number of hydrogen-bond acceptors (Lipinski definition) is 3. The first-order valence-electron chi connectivity index (χ1n) is 8.91. The molecule has 1 heterocycles. The zero-order valence-corrected chi connectivity index (χ0v) is 13.8. The van der Waals surface area contributed by atoms with Crippen LogP contribution in [0.2, 0.25) is 0 Å². The first kappa shape index (κ1) is 17.9. The van der Waals surface area contributed by atoms with Gasteiger partial charge >= 0.3 is 0 Å². The van der Waals surface area contributed by atoms with Gasteiger partial charge in [0, 0.05) is 19.6 Å². The smallest absolute Gasteiger partial charge is 0.0826 e. The second kappa shape index (κ2) is 12.6. The van der Waals surface area contributed by atoms with Crippen LogP contribution in [0.1, 0.15) is 65.2 Å². The van der Waals surface area contributed by atoms with Crippen LogP contribution in [-0.4, -0.2) is 50.3 Å². The minimum absolute atomic E-state index is 0.401. The fourth-order valence-electron chi connectivity index (χ4n) is 2.84. The van der Waals surface area contributed by atoms with Crippen molar-refractivity contribution in [3.05, 3.63) is 0 Å². The van der Waals surface area contributed by atoms with Crippen molar-refractivity contribution in [1.82, 2.24) is 10.2 Å². The Bertz CT molecular complexity index is 211. The Morgan fingerprint density at radius 3 is 2.40 bits per heavy atom. The molecule has 1 fully saturated rings. The van der Waals surface area contributed by atoms with Gasteiger partial charge in [-0.15, -0.1) is 0 Å². The molecule has 0 radical (unpaired) electrons. The highest BCUT2D eigenvalue weighted by molar-refractivity contribution is 4.72. The van der Waals surface area contributed by atoms with E-state index >= 15 is 0 Å². The highest BCUT2D eigenvalue weighted by Crippen LogP contribution is 2.08. The monoisotopic (exact) mass is 284 g/mol. The highest BCUT2D eigenvalue weighted by Gasteiger charge is 2.18. The Morgan fingerprint density at radius 2 is 1.70 bits per heavy atom. The number of nitrogens with one attached hydrogen (secondary N) is 1. The van der Waals surface area contributed by atoms with E-state index in [1.54, 1.807) is 0 Å². The summed E-state index contributed by atoms with van der Waals surface area (Å²) < 4.78 is 5.79. The SMILES string of the molecule is CCCCCCCCCCNCC1CN(CC)CCO1. The maximum atomic E-state index is 5.79. The van der Waals surface area contributed by atoms with Crippen molar-refractivity contribution >= 4 is 0 Å². The maximum Gasteiger partial charge on any atom is 0.0826 e. The predicted octanol–water partition coefficient (Wildman–Crippen LogP) is 3.44. The van der Waals surface area contributed by atoms with Crippen LogP contribution < -0.4 is 5.32 Å². The zero-order chi connectivity index (χ0) is 14.5. The molecule has 0 saturated carbocycles. The molecule has 0 aromatic heterocycles. The molecule has 20 heavy (non-hydrogen) atoms. The van der Waals surface area contributed by atoms with Gasteiger partial charge in [-0.1, -0.05) is 58.8 Å². The van der Waals surface area contributed by atoms with Gasteiger partial charge in [0.2, 0.25) is 0 Å². The number of unbranched alkanes of at least 4 members (excludes halogenated alkanes) is 7. The summed E-state index contributed by atoms with van der Waals surface area (Å²) in [5.74, 6) is 0. The van der Waals surface area contributed by atoms with Gasteiger partial charge in [0.05, 0.1) is 12.7 Å². The lowest BCUT2D eigenvalue weighted by Gasteiger charge is -2.32. The standard InChI is InChI=1S/C17H36N2O/c1-3-5-6-7-8-9-10-11-12-18-15-17-16-19(4-2)13-14-20-17/h17-18H,3-16H2,1-2H3. The normalized spacial score (nSPS) is 20.4. The summed E-state index contributed by atoms with van der Waals surface area (Å²) in [6, 6.07) is 0. The summed E-state index contributed by atoms with van der Waals surface area (Å²) in [4.78, 5) is 2.48. The lowest BCUT2D eigenvalue weighted by Crippen LogP contribution is -2.46. The van der Waals surface area contributed by atoms with Crippen molar-refractivity contribution < 1.29 is 4.74 Å². The minimum Gasteiger partial charge on any atom is -0.374 e. The second-order valence-electron chi connectivity index (χ2n) is 6.07. The van der Waals surface area contributed by atoms with Gasteiger partial charge in [0.25, 0.3) is 0 Å². The molecule has 0 aromatic carbocycles. The van der Waals surface area contributed by atoms with E-state index in [-0.39, 0.29) is 0 Å². The van der Waals surface area contributed by atoms with Crippen LogP contribution in [0.5, 0.6) is 0 Å². The van der Waals surface area contributed by atoms with Crippen molar-refractivity contribution in [1.29, 1.82) is 0 Å². The Balaban J connectivity index is 1.82. The lowest BCUT2D eigenvalue weighted by atomic mass is 10.1. The first-order chi connectivity index (χ1) is 9.86. The lowest BCUT2D eigenvalue weighted by molar-refractivity contribution is -0.0251. The number of nitrogens with zero attached hydrogens (tertiary/aromatic N) is 1. The van der Waals surface area contributed by atoms with Crippen LogP contribution in [0.3, 0.4) is 0 Å². The van der Waals surface area contributed by atoms with Crippen molar-refractivity contribution in [2.75, 3.05) is 39.3 Å². The Hall–Kier alpha value is -0.120. The van der Waals surface area contributed by atoms with E-state index in [0.717, 1.165) is 39.3 Å². The Morgan fingerprint density at radius 1 is 1.00 bits per heavy atom. The molecule has 1 atom stereocenters. The molecule has 3 heteroatoms. The first-order valence-corrected chi connectivity index (χ1v) is 8.91. The topological polar surface area (TPSA) is 24.5 Å². The Labute approximate surface area is 126 Å². The molecule has 0 aliphatic carbocycles. The molecule has 0 aromatic rings. The fourth-order valence-corrected chi connectivity index (χ4v) is 2.84. The van der Waals surface area contributed by atoms with E-state index in [1.807, 2.05) is 0 Å². The van der Waals surface area contributed by atoms with E-state index in [4.69, 9.17) is 4.74 Å². The summed E-state index contributed by atoms with van der Waals surface area (Å²) in [6.07, 6.45) is 11.6. The van der Waals surface area contributed by atoms with E-state index in [0.29, 0.717) is 6.10 Å². The molecule has 1 rings (SSSR count). The average molecular weight is 284 g/mol. The third kappa shape index (κ3) is 8.93. The summed E-state index contributed by atoms with van der Waals surface area (Å²) in [7, 11) is 0. The third-order valence-electron chi connectivity index (χ3n) is 4.25. The number of rotatable bonds is 12. The van der Waals surface area contributed by atoms with Gasteiger partial charge in [-0.2, -0.15) is 0 Å². The van der Waals surface area contributed by atoms with Crippen LogP contribution in [0.15, 0.2) is 0 Å². The maximum absolute atomic E-state index is 5.79. The van der Waals surface area contributed by atoms with Gasteiger partial charge in [0.1, 0.15) is 0 Å². The van der Waals surface area contributed by atoms with Crippen molar-refractivity contribution in [3.8, 4) is 0 Å². The van der Waals surface area contributed by atoms with Crippen molar-refractivity contribution in [3.63, 3.8) is 0 Å². The predicted molar refractivity (Wildman–Crippen MR) is 87.3 cm³/mol. The van der Waals surface area contributed by atoms with E-state index < -0.39 is 0 Å². The van der Waals surface area contributed by atoms with E-state index in [9.17, 15) is 0 Å². The molecule has 1 aliphatic rings. The van der Waals surface area contributed by atoms with Crippen LogP contribution >= 0.6 is 0 Å². The average Bonchev–Trinajstić information content (AvgIpc) is 2.49. The van der Waals surface area contributed by atoms with Gasteiger partial charge in [-0.25, -0.2) is 0 Å². The number of likely N-dealkylation sites (N-methyl/N-ethyl adjacent to an activating group) is 1. The summed E-state index contributed by atoms with van der Waals surface area (Å²) in [6.45, 7) is 10.9. The van der Waals surface area contributed by atoms with Crippen molar-refractivity contribution in [2.45, 2.75) is 71.3 Å². The fraction of sp³-hybridized carbons (Fsp3) is 1.00. The van der Waals surface area contributed by atoms with Crippen LogP contribution in [0, 0.1) is 0 Å². The molecule has 0 spiro atoms. The molecule has 1 unspecified atom stereocenters. The van der Waals surface area contributed by atoms with Gasteiger partial charge in [0.15, 0.2) is 0 Å². The highest BCUT2D eigenvalue weighted by atomic mass is 16.5. The third-order valence-corrected chi connectivity index (χ3v) is 4.25. The van der Waals surface area contributed by atoms with Crippen LogP contribution in [0.4, 0.5) is 0 Å². The second-order valence-corrected chi connectivity index (χ2v) is 6.07. The molecule has 1 N–H and O–H groups in total. The molecular formula is C17H36N2O. The minimum atomic E-state index is 0.401. The molecule has 3 nitrogen and oxygen atoms in total. The number of ether oxygens (including phenoxy) is 1. The zero-order valence-electron chi connectivity index (χ0n) is 13.8. The summed E-state index contributed by atoms with van der Waals surface area (Å²) >= 11 is 0. The van der Waals surface area contributed by atoms with Gasteiger partial charge in [-0.05, 0) is 19.5 Å². The number of hydrogen-bond donors (Lipinski definition) is 1. The van der Waals surface area contributed by atoms with Crippen LogP contribution in [-0.2, 0) is 4.74 Å². The molecular weight excluding hydrogens is 248 g/mol. The van der Waals surface area contributed by atoms with Crippen molar-refractivity contribution in [2.24, 2.45) is 0 Å². The van der Waals surface area contributed by atoms with E-state index in [1.165, 1.54) is 51.4 Å². The number of morpholine rings is 1. The van der Waals surface area contributed by atoms with Gasteiger partial charge in [-0.3, -0.25) is 4.90 Å². The van der Waals surface area contributed by atoms with E-state index in [2.05, 4.69) is 24.1 Å². The molecule has 0 bridgehead atoms. The van der Waals surface area contributed by atoms with Crippen LogP contribution in [0.25, 0.3) is 0 Å². The quantitative estimate of drug-likeness (QED) is 0.556. The Kier molecular flexibility index (Phi) is 11.3. The largest absolute Gasteiger partial charge is 0.374 e. The molecule has 0 amide bonds. The molecule has 120 valence electrons. The molecule has 1 saturated heterocycles. The van der Waals surface area contributed by atoms with Gasteiger partial charge < -0.3 is 10.1 Å². The summed E-state index contributed by atoms with van der Waals surface area (Å²) in [5, 5.41) is 3.56. The molecule has 1 aliphatic heterocycles. The summed E-state index contributed by atoms with van der Waals surface area (Å²) in [5.41, 5.74) is 0.